The van der Waals surface area contributed by atoms with E-state index in [0.717, 1.165) is 17.6 Å². The van der Waals surface area contributed by atoms with E-state index >= 15 is 0 Å². The zero-order chi connectivity index (χ0) is 14.9. The largest absolute Gasteiger partial charge is 0.477 e. The van der Waals surface area contributed by atoms with Crippen molar-refractivity contribution in [1.29, 1.82) is 0 Å². The van der Waals surface area contributed by atoms with Crippen molar-refractivity contribution in [3.8, 4) is 0 Å². The number of thioether (sulfide) groups is 1. The molecule has 1 fully saturated rings. The first-order chi connectivity index (χ1) is 9.30. The maximum Gasteiger partial charge on any atom is 0.345 e. The highest BCUT2D eigenvalue weighted by Crippen LogP contribution is 2.25. The van der Waals surface area contributed by atoms with Crippen LogP contribution in [0.1, 0.15) is 19.3 Å². The number of hydrogen-bond acceptors (Lipinski definition) is 6. The van der Waals surface area contributed by atoms with Crippen LogP contribution in [0.3, 0.4) is 0 Å². The minimum atomic E-state index is -3.37. The lowest BCUT2D eigenvalue weighted by atomic mass is 10.3. The van der Waals surface area contributed by atoms with Crippen molar-refractivity contribution >= 4 is 44.8 Å². The number of carboxylic acid groups (broad SMARTS) is 1. The Hall–Kier alpha value is -1.06. The van der Waals surface area contributed by atoms with E-state index in [0.29, 0.717) is 18.1 Å². The van der Waals surface area contributed by atoms with E-state index in [-0.39, 0.29) is 9.75 Å². The molecule has 0 aromatic carbocycles. The first-order valence-electron chi connectivity index (χ1n) is 5.71. The molecule has 0 bridgehead atoms. The van der Waals surface area contributed by atoms with Crippen LogP contribution in [0.15, 0.2) is 12.1 Å². The summed E-state index contributed by atoms with van der Waals surface area (Å²) in [5.41, 5.74) is 0. The van der Waals surface area contributed by atoms with Gasteiger partial charge in [0.1, 0.15) is 10.3 Å². The fourth-order valence-corrected chi connectivity index (χ4v) is 5.49. The van der Waals surface area contributed by atoms with E-state index < -0.39 is 27.1 Å². The van der Waals surface area contributed by atoms with Crippen LogP contribution < -0.4 is 0 Å². The third-order valence-corrected chi connectivity index (χ3v) is 6.57. The lowest BCUT2D eigenvalue weighted by Crippen LogP contribution is -2.49. The number of nitrogens with zero attached hydrogens (tertiary/aromatic N) is 1. The molecule has 1 aromatic heterocycles. The van der Waals surface area contributed by atoms with Gasteiger partial charge in [-0.2, -0.15) is 11.8 Å². The summed E-state index contributed by atoms with van der Waals surface area (Å²) in [6, 6.07) is 2.78. The monoisotopic (exact) mass is 335 g/mol. The van der Waals surface area contributed by atoms with Crippen LogP contribution in [0, 0.1) is 0 Å². The molecule has 110 valence electrons. The topological polar surface area (TPSA) is 91.8 Å². The standard InChI is InChI=1S/C11H13NO5S3/c1-20(16,17)9-6-18-5-4-12(9)10(13)7-2-3-8(19-7)11(14)15/h2-3,9H,4-6H2,1H3,(H,14,15). The van der Waals surface area contributed by atoms with Crippen molar-refractivity contribution in [3.05, 3.63) is 21.9 Å². The smallest absolute Gasteiger partial charge is 0.345 e. The van der Waals surface area contributed by atoms with Crippen molar-refractivity contribution in [1.82, 2.24) is 4.90 Å². The summed E-state index contributed by atoms with van der Waals surface area (Å²) in [7, 11) is -3.37. The first kappa shape index (κ1) is 15.3. The average molecular weight is 335 g/mol. The molecule has 20 heavy (non-hydrogen) atoms. The van der Waals surface area contributed by atoms with Crippen LogP contribution in [0.2, 0.25) is 0 Å². The molecule has 9 heteroatoms. The highest BCUT2D eigenvalue weighted by atomic mass is 32.2. The number of carboxylic acids is 1. The molecule has 1 unspecified atom stereocenters. The molecule has 1 aliphatic heterocycles. The van der Waals surface area contributed by atoms with Gasteiger partial charge in [-0.3, -0.25) is 4.79 Å². The molecule has 1 aliphatic rings. The van der Waals surface area contributed by atoms with E-state index in [1.807, 2.05) is 0 Å². The second kappa shape index (κ2) is 5.74. The molecule has 0 saturated carbocycles. The van der Waals surface area contributed by atoms with Crippen molar-refractivity contribution in [2.45, 2.75) is 5.37 Å². The van der Waals surface area contributed by atoms with Gasteiger partial charge in [-0.1, -0.05) is 0 Å². The van der Waals surface area contributed by atoms with Crippen LogP contribution in [-0.2, 0) is 9.84 Å². The summed E-state index contributed by atoms with van der Waals surface area (Å²) < 4.78 is 23.5. The number of rotatable bonds is 3. The van der Waals surface area contributed by atoms with Gasteiger partial charge in [0.05, 0.1) is 4.88 Å². The van der Waals surface area contributed by atoms with Gasteiger partial charge in [0.2, 0.25) is 0 Å². The number of carbonyl (C=O) groups is 2. The second-order valence-electron chi connectivity index (χ2n) is 4.33. The maximum absolute atomic E-state index is 12.4. The Morgan fingerprint density at radius 2 is 2.00 bits per heavy atom. The molecule has 0 aliphatic carbocycles. The highest BCUT2D eigenvalue weighted by Gasteiger charge is 2.35. The normalized spacial score (nSPS) is 19.9. The van der Waals surface area contributed by atoms with Crippen LogP contribution >= 0.6 is 23.1 Å². The SMILES string of the molecule is CS(=O)(=O)C1CSCCN1C(=O)c1ccc(C(=O)O)s1. The van der Waals surface area contributed by atoms with Crippen molar-refractivity contribution in [2.24, 2.45) is 0 Å². The average Bonchev–Trinajstić information content (AvgIpc) is 2.86. The van der Waals surface area contributed by atoms with E-state index in [1.165, 1.54) is 28.8 Å². The molecule has 1 atom stereocenters. The van der Waals surface area contributed by atoms with E-state index in [1.54, 1.807) is 0 Å². The third kappa shape index (κ3) is 3.15. The molecule has 1 saturated heterocycles. The van der Waals surface area contributed by atoms with Gasteiger partial charge >= 0.3 is 5.97 Å². The quantitative estimate of drug-likeness (QED) is 0.886. The van der Waals surface area contributed by atoms with Gasteiger partial charge in [0.25, 0.3) is 5.91 Å². The molecule has 1 N–H and O–H groups in total. The molecule has 6 nitrogen and oxygen atoms in total. The van der Waals surface area contributed by atoms with Crippen LogP contribution in [0.4, 0.5) is 0 Å². The molecule has 1 aromatic rings. The Morgan fingerprint density at radius 3 is 2.55 bits per heavy atom. The van der Waals surface area contributed by atoms with Crippen LogP contribution in [0.25, 0.3) is 0 Å². The molecular formula is C11H13NO5S3. The molecule has 0 radical (unpaired) electrons. The zero-order valence-electron chi connectivity index (χ0n) is 10.6. The Balaban J connectivity index is 2.27. The molecular weight excluding hydrogens is 322 g/mol. The lowest BCUT2D eigenvalue weighted by Gasteiger charge is -2.33. The fraction of sp³-hybridized carbons (Fsp3) is 0.455. The van der Waals surface area contributed by atoms with Gasteiger partial charge < -0.3 is 10.0 Å². The Bertz CT molecular complexity index is 636. The maximum atomic E-state index is 12.4. The molecule has 2 heterocycles. The van der Waals surface area contributed by atoms with Crippen molar-refractivity contribution < 1.29 is 23.1 Å². The summed E-state index contributed by atoms with van der Waals surface area (Å²) in [6.45, 7) is 0.349. The number of sulfone groups is 1. The summed E-state index contributed by atoms with van der Waals surface area (Å²) in [5, 5.41) is 8.01. The van der Waals surface area contributed by atoms with Gasteiger partial charge in [-0.15, -0.1) is 11.3 Å². The van der Waals surface area contributed by atoms with Gasteiger partial charge in [0, 0.05) is 24.3 Å². The fourth-order valence-electron chi connectivity index (χ4n) is 1.88. The molecule has 2 rings (SSSR count). The number of thiophene rings is 1. The van der Waals surface area contributed by atoms with Gasteiger partial charge in [0.15, 0.2) is 9.84 Å². The van der Waals surface area contributed by atoms with Gasteiger partial charge in [-0.25, -0.2) is 13.2 Å². The van der Waals surface area contributed by atoms with Crippen molar-refractivity contribution in [2.75, 3.05) is 24.3 Å². The second-order valence-corrected chi connectivity index (χ2v) is 8.76. The van der Waals surface area contributed by atoms with E-state index in [4.69, 9.17) is 5.11 Å². The summed E-state index contributed by atoms with van der Waals surface area (Å²) in [4.78, 5) is 24.8. The van der Waals surface area contributed by atoms with E-state index in [9.17, 15) is 18.0 Å². The Morgan fingerprint density at radius 1 is 1.35 bits per heavy atom. The predicted octanol–water partition coefficient (Wildman–Crippen LogP) is 1.01. The Kier molecular flexibility index (Phi) is 4.40. The molecule has 0 spiro atoms. The summed E-state index contributed by atoms with van der Waals surface area (Å²) in [6.07, 6.45) is 1.11. The van der Waals surface area contributed by atoms with Crippen molar-refractivity contribution in [3.63, 3.8) is 0 Å². The number of amides is 1. The van der Waals surface area contributed by atoms with Crippen LogP contribution in [-0.4, -0.2) is 60.0 Å². The number of hydrogen-bond donors (Lipinski definition) is 1. The zero-order valence-corrected chi connectivity index (χ0v) is 13.1. The highest BCUT2D eigenvalue weighted by molar-refractivity contribution is 8.00. The lowest BCUT2D eigenvalue weighted by molar-refractivity contribution is 0.0701. The predicted molar refractivity (Wildman–Crippen MR) is 78.3 cm³/mol. The number of aromatic carboxylic acids is 1. The van der Waals surface area contributed by atoms with Gasteiger partial charge in [-0.05, 0) is 12.1 Å². The first-order valence-corrected chi connectivity index (χ1v) is 9.64. The summed E-state index contributed by atoms with van der Waals surface area (Å²) >= 11 is 2.36. The Labute approximate surface area is 124 Å². The minimum Gasteiger partial charge on any atom is -0.477 e. The minimum absolute atomic E-state index is 0.0654. The van der Waals surface area contributed by atoms with Crippen LogP contribution in [0.5, 0.6) is 0 Å². The summed E-state index contributed by atoms with van der Waals surface area (Å²) in [5.74, 6) is -0.488. The number of carbonyl (C=O) groups excluding carboxylic acids is 1. The molecule has 1 amide bonds. The van der Waals surface area contributed by atoms with E-state index in [2.05, 4.69) is 0 Å². The third-order valence-electron chi connectivity index (χ3n) is 2.87.